The summed E-state index contributed by atoms with van der Waals surface area (Å²) >= 11 is 0. The first-order valence-electron chi connectivity index (χ1n) is 7.63. The van der Waals surface area contributed by atoms with Gasteiger partial charge in [0, 0.05) is 31.5 Å². The summed E-state index contributed by atoms with van der Waals surface area (Å²) in [5, 5.41) is 0. The summed E-state index contributed by atoms with van der Waals surface area (Å²) in [6, 6.07) is 4.30. The highest BCUT2D eigenvalue weighted by Gasteiger charge is 2.15. The number of hydrogen-bond donors (Lipinski definition) is 2. The van der Waals surface area contributed by atoms with Gasteiger partial charge in [0.2, 0.25) is 10.0 Å². The quantitative estimate of drug-likeness (QED) is 0.598. The average Bonchev–Trinajstić information content (AvgIpc) is 3.17. The summed E-state index contributed by atoms with van der Waals surface area (Å²) in [5.74, 6) is -0.606. The molecule has 2 N–H and O–H groups in total. The molecule has 3 rings (SSSR count). The van der Waals surface area contributed by atoms with Crippen LogP contribution in [0.1, 0.15) is 19.3 Å². The van der Waals surface area contributed by atoms with E-state index in [1.807, 2.05) is 10.8 Å². The number of nitrogens with one attached hydrogen (secondary N) is 2. The fourth-order valence-electron chi connectivity index (χ4n) is 2.40. The van der Waals surface area contributed by atoms with E-state index in [9.17, 15) is 13.2 Å². The van der Waals surface area contributed by atoms with Crippen LogP contribution in [-0.2, 0) is 16.6 Å². The number of imidazole rings is 1. The van der Waals surface area contributed by atoms with Gasteiger partial charge in [0.1, 0.15) is 0 Å². The summed E-state index contributed by atoms with van der Waals surface area (Å²) in [6.07, 6.45) is 8.01. The first-order chi connectivity index (χ1) is 11.5. The standard InChI is InChI=1S/C15H18N4O4S/c20-15-18-13-5-4-12(10-14(13)23-15)24(21,22)17-6-2-1-3-8-19-9-7-16-11-19/h4-5,7,9-11,17H,1-3,6,8H2,(H,18,20). The monoisotopic (exact) mass is 350 g/mol. The van der Waals surface area contributed by atoms with E-state index in [0.717, 1.165) is 25.8 Å². The third kappa shape index (κ3) is 3.92. The maximum absolute atomic E-state index is 12.2. The van der Waals surface area contributed by atoms with Crippen LogP contribution in [0.3, 0.4) is 0 Å². The van der Waals surface area contributed by atoms with Crippen LogP contribution >= 0.6 is 0 Å². The van der Waals surface area contributed by atoms with Crippen molar-refractivity contribution < 1.29 is 12.8 Å². The van der Waals surface area contributed by atoms with E-state index in [0.29, 0.717) is 12.1 Å². The molecule has 2 heterocycles. The normalized spacial score (nSPS) is 12.0. The summed E-state index contributed by atoms with van der Waals surface area (Å²) in [7, 11) is -3.61. The van der Waals surface area contributed by atoms with E-state index < -0.39 is 15.8 Å². The van der Waals surface area contributed by atoms with Crippen molar-refractivity contribution in [2.24, 2.45) is 0 Å². The lowest BCUT2D eigenvalue weighted by Gasteiger charge is -2.07. The van der Waals surface area contributed by atoms with Crippen molar-refractivity contribution >= 4 is 21.1 Å². The first kappa shape index (κ1) is 16.5. The molecule has 0 atom stereocenters. The Labute approximate surface area is 138 Å². The lowest BCUT2D eigenvalue weighted by molar-refractivity contribution is 0.552. The molecule has 0 aliphatic carbocycles. The zero-order valence-electron chi connectivity index (χ0n) is 12.9. The fraction of sp³-hybridized carbons (Fsp3) is 0.333. The summed E-state index contributed by atoms with van der Waals surface area (Å²) in [4.78, 5) is 17.6. The van der Waals surface area contributed by atoms with Gasteiger partial charge in [-0.25, -0.2) is 22.9 Å². The predicted molar refractivity (Wildman–Crippen MR) is 88.1 cm³/mol. The topological polar surface area (TPSA) is 110 Å². The molecule has 0 radical (unpaired) electrons. The van der Waals surface area contributed by atoms with Crippen molar-refractivity contribution in [3.8, 4) is 0 Å². The molecule has 9 heteroatoms. The van der Waals surface area contributed by atoms with Gasteiger partial charge >= 0.3 is 5.76 Å². The van der Waals surface area contributed by atoms with Gasteiger partial charge in [0.15, 0.2) is 5.58 Å². The van der Waals surface area contributed by atoms with Gasteiger partial charge < -0.3 is 8.98 Å². The number of aromatic amines is 1. The highest BCUT2D eigenvalue weighted by atomic mass is 32.2. The van der Waals surface area contributed by atoms with Crippen LogP contribution in [0.2, 0.25) is 0 Å². The molecule has 2 aromatic heterocycles. The Hall–Kier alpha value is -2.39. The van der Waals surface area contributed by atoms with E-state index in [1.165, 1.54) is 18.2 Å². The molecule has 0 spiro atoms. The Bertz CT molecular complexity index is 957. The van der Waals surface area contributed by atoms with Crippen molar-refractivity contribution in [2.45, 2.75) is 30.7 Å². The van der Waals surface area contributed by atoms with Crippen LogP contribution < -0.4 is 10.5 Å². The van der Waals surface area contributed by atoms with Crippen LogP contribution in [0, 0.1) is 0 Å². The number of nitrogens with zero attached hydrogens (tertiary/aromatic N) is 2. The van der Waals surface area contributed by atoms with Gasteiger partial charge in [-0.2, -0.15) is 0 Å². The van der Waals surface area contributed by atoms with E-state index in [1.54, 1.807) is 12.5 Å². The minimum atomic E-state index is -3.61. The van der Waals surface area contributed by atoms with Gasteiger partial charge in [-0.15, -0.1) is 0 Å². The molecular weight excluding hydrogens is 332 g/mol. The molecule has 128 valence electrons. The molecule has 3 aromatic rings. The zero-order chi connectivity index (χ0) is 17.0. The lowest BCUT2D eigenvalue weighted by Crippen LogP contribution is -2.24. The highest BCUT2D eigenvalue weighted by molar-refractivity contribution is 7.89. The Morgan fingerprint density at radius 3 is 2.92 bits per heavy atom. The molecule has 0 bridgehead atoms. The minimum Gasteiger partial charge on any atom is -0.408 e. The third-order valence-corrected chi connectivity index (χ3v) is 5.11. The Morgan fingerprint density at radius 1 is 1.25 bits per heavy atom. The number of aryl methyl sites for hydroxylation is 1. The number of H-pyrrole nitrogens is 1. The molecule has 8 nitrogen and oxygen atoms in total. The van der Waals surface area contributed by atoms with Crippen LogP contribution in [0.4, 0.5) is 0 Å². The fourth-order valence-corrected chi connectivity index (χ4v) is 3.49. The molecular formula is C15H18N4O4S. The summed E-state index contributed by atoms with van der Waals surface area (Å²) in [5.41, 5.74) is 0.696. The maximum Gasteiger partial charge on any atom is 0.417 e. The van der Waals surface area contributed by atoms with E-state index >= 15 is 0 Å². The molecule has 0 fully saturated rings. The Morgan fingerprint density at radius 2 is 2.12 bits per heavy atom. The van der Waals surface area contributed by atoms with Crippen molar-refractivity contribution in [2.75, 3.05) is 6.54 Å². The molecule has 0 aliphatic rings. The summed E-state index contributed by atoms with van der Waals surface area (Å²) in [6.45, 7) is 1.23. The molecule has 0 aliphatic heterocycles. The van der Waals surface area contributed by atoms with E-state index in [4.69, 9.17) is 4.42 Å². The van der Waals surface area contributed by atoms with Gasteiger partial charge in [-0.1, -0.05) is 6.42 Å². The molecule has 1 aromatic carbocycles. The smallest absolute Gasteiger partial charge is 0.408 e. The average molecular weight is 350 g/mol. The second-order valence-corrected chi connectivity index (χ2v) is 7.20. The van der Waals surface area contributed by atoms with E-state index in [2.05, 4.69) is 14.7 Å². The van der Waals surface area contributed by atoms with Crippen LogP contribution in [-0.4, -0.2) is 29.5 Å². The van der Waals surface area contributed by atoms with Gasteiger partial charge in [0.25, 0.3) is 0 Å². The molecule has 0 saturated carbocycles. The first-order valence-corrected chi connectivity index (χ1v) is 9.11. The Kier molecular flexibility index (Phi) is 4.81. The minimum absolute atomic E-state index is 0.0798. The van der Waals surface area contributed by atoms with Gasteiger partial charge in [-0.3, -0.25) is 4.98 Å². The molecule has 24 heavy (non-hydrogen) atoms. The largest absolute Gasteiger partial charge is 0.417 e. The highest BCUT2D eigenvalue weighted by Crippen LogP contribution is 2.16. The zero-order valence-corrected chi connectivity index (χ0v) is 13.8. The second-order valence-electron chi connectivity index (χ2n) is 5.43. The number of aromatic nitrogens is 3. The van der Waals surface area contributed by atoms with Crippen molar-refractivity contribution in [1.82, 2.24) is 19.3 Å². The number of rotatable bonds is 8. The third-order valence-electron chi connectivity index (χ3n) is 3.65. The van der Waals surface area contributed by atoms with Crippen molar-refractivity contribution in [1.29, 1.82) is 0 Å². The maximum atomic E-state index is 12.2. The molecule has 0 amide bonds. The number of oxazole rings is 1. The SMILES string of the molecule is O=c1[nH]c2ccc(S(=O)(=O)NCCCCCn3ccnc3)cc2o1. The van der Waals surface area contributed by atoms with Gasteiger partial charge in [-0.05, 0) is 25.0 Å². The number of benzene rings is 1. The van der Waals surface area contributed by atoms with Crippen molar-refractivity contribution in [3.63, 3.8) is 0 Å². The predicted octanol–water partition coefficient (Wildman–Crippen LogP) is 1.47. The van der Waals surface area contributed by atoms with E-state index in [-0.39, 0.29) is 10.5 Å². The number of sulfonamides is 1. The number of hydrogen-bond acceptors (Lipinski definition) is 5. The van der Waals surface area contributed by atoms with Crippen molar-refractivity contribution in [3.05, 3.63) is 47.5 Å². The van der Waals surface area contributed by atoms with Crippen LogP contribution in [0.25, 0.3) is 11.1 Å². The number of fused-ring (bicyclic) bond motifs is 1. The lowest BCUT2D eigenvalue weighted by atomic mass is 10.2. The molecule has 0 unspecified atom stereocenters. The van der Waals surface area contributed by atoms with Crippen LogP contribution in [0.5, 0.6) is 0 Å². The number of unbranched alkanes of at least 4 members (excludes halogenated alkanes) is 2. The summed E-state index contributed by atoms with van der Waals surface area (Å²) < 4.78 is 33.9. The second kappa shape index (κ2) is 7.02. The molecule has 0 saturated heterocycles. The van der Waals surface area contributed by atoms with Gasteiger partial charge in [0.05, 0.1) is 16.7 Å². The Balaban J connectivity index is 1.50. The van der Waals surface area contributed by atoms with Crippen LogP contribution in [0.15, 0.2) is 51.0 Å².